The summed E-state index contributed by atoms with van der Waals surface area (Å²) in [5.74, 6) is -0.692. The third kappa shape index (κ3) is 9.07. The first kappa shape index (κ1) is 36.7. The zero-order chi connectivity index (χ0) is 35.5. The largest absolute Gasteiger partial charge is 0.494 e. The lowest BCUT2D eigenvalue weighted by atomic mass is 9.86. The average molecular weight is 709 g/mol. The molecule has 0 aromatic heterocycles. The van der Waals surface area contributed by atoms with Crippen molar-refractivity contribution in [1.82, 2.24) is 0 Å². The van der Waals surface area contributed by atoms with Gasteiger partial charge in [0.1, 0.15) is 30.2 Å². The maximum atomic E-state index is 10.9. The number of hydrogen-bond acceptors (Lipinski definition) is 7. The Labute approximate surface area is 305 Å². The van der Waals surface area contributed by atoms with Gasteiger partial charge in [0.05, 0.1) is 33.0 Å². The minimum Gasteiger partial charge on any atom is -0.494 e. The van der Waals surface area contributed by atoms with E-state index in [1.165, 1.54) is 0 Å². The van der Waals surface area contributed by atoms with Crippen LogP contribution in [0.15, 0.2) is 133 Å². The third-order valence-electron chi connectivity index (χ3n) is 9.09. The Morgan fingerprint density at radius 1 is 0.667 bits per heavy atom. The molecule has 1 saturated heterocycles. The van der Waals surface area contributed by atoms with Crippen molar-refractivity contribution in [3.05, 3.63) is 172 Å². The van der Waals surface area contributed by atoms with Crippen LogP contribution in [0.3, 0.4) is 0 Å². The van der Waals surface area contributed by atoms with Crippen molar-refractivity contribution in [2.75, 3.05) is 20.3 Å². The molecule has 5 aromatic carbocycles. The van der Waals surface area contributed by atoms with Gasteiger partial charge < -0.3 is 33.5 Å². The molecule has 51 heavy (non-hydrogen) atoms. The van der Waals surface area contributed by atoms with E-state index in [2.05, 4.69) is 0 Å². The fraction of sp³-hybridized carbons (Fsp3) is 0.302. The highest BCUT2D eigenvalue weighted by Crippen LogP contribution is 2.44. The van der Waals surface area contributed by atoms with E-state index in [1.54, 1.807) is 7.11 Å². The van der Waals surface area contributed by atoms with E-state index in [4.69, 9.17) is 40.0 Å². The summed E-state index contributed by atoms with van der Waals surface area (Å²) in [6.07, 6.45) is -2.53. The van der Waals surface area contributed by atoms with Crippen molar-refractivity contribution < 1.29 is 33.5 Å². The van der Waals surface area contributed by atoms with Crippen molar-refractivity contribution in [2.45, 2.75) is 63.4 Å². The van der Waals surface area contributed by atoms with Gasteiger partial charge in [-0.15, -0.1) is 0 Å². The zero-order valence-electron chi connectivity index (χ0n) is 29.0. The molecule has 1 aliphatic rings. The second-order valence-electron chi connectivity index (χ2n) is 12.5. The Balaban J connectivity index is 1.40. The van der Waals surface area contributed by atoms with Crippen LogP contribution in [0, 0.1) is 0 Å². The van der Waals surface area contributed by atoms with E-state index < -0.39 is 30.2 Å². The Hall–Kier alpha value is -4.05. The van der Waals surface area contributed by atoms with Crippen LogP contribution in [0.1, 0.15) is 40.3 Å². The normalized spacial score (nSPS) is 21.7. The van der Waals surface area contributed by atoms with Gasteiger partial charge in [0.25, 0.3) is 0 Å². The Kier molecular flexibility index (Phi) is 12.9. The van der Waals surface area contributed by atoms with Crippen LogP contribution in [-0.2, 0) is 55.7 Å². The summed E-state index contributed by atoms with van der Waals surface area (Å²) in [7, 11) is 1.59. The highest BCUT2D eigenvalue weighted by atomic mass is 35.5. The van der Waals surface area contributed by atoms with E-state index >= 15 is 0 Å². The van der Waals surface area contributed by atoms with Crippen LogP contribution >= 0.6 is 11.6 Å². The van der Waals surface area contributed by atoms with Crippen LogP contribution in [0.25, 0.3) is 0 Å². The second kappa shape index (κ2) is 17.9. The number of ether oxygens (including phenoxy) is 6. The topological polar surface area (TPSA) is 75.6 Å². The number of rotatable bonds is 16. The predicted octanol–water partition coefficient (Wildman–Crippen LogP) is 8.28. The number of halogens is 1. The lowest BCUT2D eigenvalue weighted by Crippen LogP contribution is -2.66. The molecule has 0 spiro atoms. The summed E-state index contributed by atoms with van der Waals surface area (Å²) in [6.45, 7) is 3.05. The van der Waals surface area contributed by atoms with E-state index in [0.29, 0.717) is 23.6 Å². The maximum absolute atomic E-state index is 10.9. The highest BCUT2D eigenvalue weighted by Gasteiger charge is 2.58. The van der Waals surface area contributed by atoms with Crippen molar-refractivity contribution in [3.63, 3.8) is 0 Å². The highest BCUT2D eigenvalue weighted by molar-refractivity contribution is 6.31. The summed E-state index contributed by atoms with van der Waals surface area (Å²) in [5, 5.41) is 11.5. The molecule has 1 N–H and O–H groups in total. The summed E-state index contributed by atoms with van der Waals surface area (Å²) in [4.78, 5) is 0. The Bertz CT molecular complexity index is 1770. The fourth-order valence-corrected chi connectivity index (χ4v) is 6.70. The standard InChI is InChI=1S/C43H45ClO7/c1-3-47-37-22-19-31(20-23-37)25-35-26-36(21-24-38(35)44)43(46-2)42(50-30-34-17-11-6-12-18-34)41(49-29-33-15-9-5-10-16-33)40(39(27-45)51-43)48-28-32-13-7-4-8-14-32/h4-24,26,39-42,45H,3,25,27-30H2,1-2H3/t39?,40-,41?,42-,43+/m1/s1. The zero-order valence-corrected chi connectivity index (χ0v) is 29.8. The SMILES string of the molecule is CCOc1ccc(Cc2cc([C@]3(OC)OC(CO)[C@@H](OCc4ccccc4)C(OCc4ccccc4)[C@H]3OCc3ccccc3)ccc2Cl)cc1. The van der Waals surface area contributed by atoms with Crippen LogP contribution in [-0.4, -0.2) is 49.8 Å². The molecule has 5 aromatic rings. The monoisotopic (exact) mass is 708 g/mol. The van der Waals surface area contributed by atoms with Crippen molar-refractivity contribution in [2.24, 2.45) is 0 Å². The van der Waals surface area contributed by atoms with Crippen LogP contribution < -0.4 is 4.74 Å². The Morgan fingerprint density at radius 3 is 1.75 bits per heavy atom. The maximum Gasteiger partial charge on any atom is 0.225 e. The van der Waals surface area contributed by atoms with E-state index in [1.807, 2.05) is 140 Å². The molecule has 1 aliphatic heterocycles. The number of methoxy groups -OCH3 is 1. The quantitative estimate of drug-likeness (QED) is 0.111. The molecular formula is C43H45ClO7. The summed E-state index contributed by atoms with van der Waals surface area (Å²) < 4.78 is 39.2. The van der Waals surface area contributed by atoms with Crippen molar-refractivity contribution in [3.8, 4) is 5.75 Å². The van der Waals surface area contributed by atoms with Crippen molar-refractivity contribution >= 4 is 11.6 Å². The summed E-state index contributed by atoms with van der Waals surface area (Å²) in [6, 6.07) is 43.5. The minimum absolute atomic E-state index is 0.257. The Morgan fingerprint density at radius 2 is 1.22 bits per heavy atom. The van der Waals surface area contributed by atoms with E-state index in [9.17, 15) is 5.11 Å². The van der Waals surface area contributed by atoms with Gasteiger partial charge in [-0.25, -0.2) is 0 Å². The number of aliphatic hydroxyl groups is 1. The van der Waals surface area contributed by atoms with Gasteiger partial charge in [-0.3, -0.25) is 0 Å². The molecule has 0 amide bonds. The van der Waals surface area contributed by atoms with Gasteiger partial charge in [-0.2, -0.15) is 0 Å². The fourth-order valence-electron chi connectivity index (χ4n) is 6.51. The minimum atomic E-state index is -1.51. The van der Waals surface area contributed by atoms with Gasteiger partial charge in [0.2, 0.25) is 5.79 Å². The first-order valence-electron chi connectivity index (χ1n) is 17.3. The van der Waals surface area contributed by atoms with E-state index in [-0.39, 0.29) is 26.4 Å². The molecule has 0 saturated carbocycles. The van der Waals surface area contributed by atoms with Crippen LogP contribution in [0.5, 0.6) is 5.75 Å². The van der Waals surface area contributed by atoms with Gasteiger partial charge in [-0.1, -0.05) is 121 Å². The molecule has 2 unspecified atom stereocenters. The third-order valence-corrected chi connectivity index (χ3v) is 9.46. The van der Waals surface area contributed by atoms with Crippen LogP contribution in [0.2, 0.25) is 5.02 Å². The molecule has 0 aliphatic carbocycles. The molecule has 266 valence electrons. The second-order valence-corrected chi connectivity index (χ2v) is 12.9. The van der Waals surface area contributed by atoms with Crippen molar-refractivity contribution in [1.29, 1.82) is 0 Å². The molecule has 1 fully saturated rings. The summed E-state index contributed by atoms with van der Waals surface area (Å²) >= 11 is 6.83. The molecule has 6 rings (SSSR count). The smallest absolute Gasteiger partial charge is 0.225 e. The molecule has 0 bridgehead atoms. The molecule has 8 heteroatoms. The van der Waals surface area contributed by atoms with E-state index in [0.717, 1.165) is 33.6 Å². The first-order chi connectivity index (χ1) is 25.0. The number of benzene rings is 5. The lowest BCUT2D eigenvalue weighted by Gasteiger charge is -2.52. The first-order valence-corrected chi connectivity index (χ1v) is 17.7. The summed E-state index contributed by atoms with van der Waals surface area (Å²) in [5.41, 5.74) is 5.57. The predicted molar refractivity (Wildman–Crippen MR) is 198 cm³/mol. The molecule has 1 heterocycles. The van der Waals surface area contributed by atoms with Crippen LogP contribution in [0.4, 0.5) is 0 Å². The molecule has 5 atom stereocenters. The van der Waals surface area contributed by atoms with Gasteiger partial charge >= 0.3 is 0 Å². The molecule has 0 radical (unpaired) electrons. The number of hydrogen-bond donors (Lipinski definition) is 1. The number of aliphatic hydroxyl groups excluding tert-OH is 1. The van der Waals surface area contributed by atoms with Gasteiger partial charge in [0, 0.05) is 17.7 Å². The molecular weight excluding hydrogens is 664 g/mol. The lowest BCUT2D eigenvalue weighted by molar-refractivity contribution is -0.384. The van der Waals surface area contributed by atoms with Gasteiger partial charge in [-0.05, 0) is 65.4 Å². The molecule has 7 nitrogen and oxygen atoms in total. The van der Waals surface area contributed by atoms with Gasteiger partial charge in [0.15, 0.2) is 0 Å². The average Bonchev–Trinajstić information content (AvgIpc) is 3.18.